The van der Waals surface area contributed by atoms with Crippen LogP contribution in [0.25, 0.3) is 0 Å². The lowest BCUT2D eigenvalue weighted by Crippen LogP contribution is -2.50. The van der Waals surface area contributed by atoms with E-state index in [-0.39, 0.29) is 5.54 Å². The zero-order valence-electron chi connectivity index (χ0n) is 8.89. The zero-order chi connectivity index (χ0) is 10.2. The molecule has 2 aliphatic rings. The molecule has 76 valence electrons. The van der Waals surface area contributed by atoms with Gasteiger partial charge in [0.25, 0.3) is 0 Å². The third-order valence-electron chi connectivity index (χ3n) is 2.98. The Morgan fingerprint density at radius 1 is 1.43 bits per heavy atom. The summed E-state index contributed by atoms with van der Waals surface area (Å²) in [7, 11) is 0. The highest BCUT2D eigenvalue weighted by atomic mass is 15.4. The van der Waals surface area contributed by atoms with Crippen LogP contribution >= 0.6 is 0 Å². The van der Waals surface area contributed by atoms with Gasteiger partial charge < -0.3 is 10.7 Å². The molecule has 0 amide bonds. The Bertz CT molecular complexity index is 327. The first-order chi connectivity index (χ1) is 6.63. The highest BCUT2D eigenvalue weighted by molar-refractivity contribution is 5.38. The molecule has 2 heterocycles. The van der Waals surface area contributed by atoms with E-state index in [1.54, 1.807) is 0 Å². The average molecular weight is 191 g/mol. The molecule has 2 aliphatic heterocycles. The van der Waals surface area contributed by atoms with Crippen LogP contribution in [0.15, 0.2) is 35.7 Å². The van der Waals surface area contributed by atoms with Gasteiger partial charge in [-0.15, -0.1) is 0 Å². The van der Waals surface area contributed by atoms with Crippen LogP contribution < -0.4 is 16.2 Å². The smallest absolute Gasteiger partial charge is 0.0959 e. The van der Waals surface area contributed by atoms with Gasteiger partial charge >= 0.3 is 0 Å². The van der Waals surface area contributed by atoms with Gasteiger partial charge in [-0.05, 0) is 32.4 Å². The monoisotopic (exact) mass is 191 g/mol. The number of dihydropyridines is 1. The lowest BCUT2D eigenvalue weighted by molar-refractivity contribution is 0.443. The molecule has 0 saturated heterocycles. The first-order valence-corrected chi connectivity index (χ1v) is 4.98. The highest BCUT2D eigenvalue weighted by Gasteiger charge is 2.34. The number of hydrazine groups is 1. The minimum absolute atomic E-state index is 0.0982. The zero-order valence-corrected chi connectivity index (χ0v) is 8.89. The first kappa shape index (κ1) is 9.34. The van der Waals surface area contributed by atoms with Gasteiger partial charge in [0.15, 0.2) is 0 Å². The van der Waals surface area contributed by atoms with Gasteiger partial charge in [0.2, 0.25) is 0 Å². The van der Waals surface area contributed by atoms with Gasteiger partial charge in [0.05, 0.1) is 5.54 Å². The second-order valence-electron chi connectivity index (χ2n) is 4.12. The van der Waals surface area contributed by atoms with E-state index in [2.05, 4.69) is 55.2 Å². The van der Waals surface area contributed by atoms with Crippen molar-refractivity contribution in [1.82, 2.24) is 16.2 Å². The normalized spacial score (nSPS) is 35.8. The lowest BCUT2D eigenvalue weighted by atomic mass is 9.89. The van der Waals surface area contributed by atoms with E-state index in [1.165, 1.54) is 11.3 Å². The Balaban J connectivity index is 2.27. The van der Waals surface area contributed by atoms with Crippen molar-refractivity contribution in [3.8, 4) is 0 Å². The molecule has 0 spiro atoms. The van der Waals surface area contributed by atoms with Crippen LogP contribution in [0.5, 0.6) is 0 Å². The predicted octanol–water partition coefficient (Wildman–Crippen LogP) is 1.19. The molecule has 0 aliphatic carbocycles. The summed E-state index contributed by atoms with van der Waals surface area (Å²) in [6, 6.07) is 0.405. The third kappa shape index (κ3) is 1.34. The fraction of sp³-hybridized carbons (Fsp3) is 0.455. The number of rotatable bonds is 1. The molecule has 0 aromatic heterocycles. The van der Waals surface area contributed by atoms with Crippen LogP contribution in [0, 0.1) is 0 Å². The Morgan fingerprint density at radius 2 is 2.21 bits per heavy atom. The highest BCUT2D eigenvalue weighted by Crippen LogP contribution is 2.27. The number of hydrogen-bond donors (Lipinski definition) is 3. The molecule has 0 radical (unpaired) electrons. The van der Waals surface area contributed by atoms with Gasteiger partial charge in [-0.3, -0.25) is 0 Å². The number of nitrogens with one attached hydrogen (secondary N) is 3. The fourth-order valence-corrected chi connectivity index (χ4v) is 1.78. The van der Waals surface area contributed by atoms with Crippen molar-refractivity contribution < 1.29 is 0 Å². The summed E-state index contributed by atoms with van der Waals surface area (Å²) >= 11 is 0. The second-order valence-corrected chi connectivity index (χ2v) is 4.12. The summed E-state index contributed by atoms with van der Waals surface area (Å²) in [5.41, 5.74) is 8.73. The molecule has 0 fully saturated rings. The Morgan fingerprint density at radius 3 is 2.79 bits per heavy atom. The van der Waals surface area contributed by atoms with E-state index >= 15 is 0 Å². The Labute approximate surface area is 84.9 Å². The lowest BCUT2D eigenvalue weighted by Gasteiger charge is -2.33. The molecule has 0 aromatic rings. The van der Waals surface area contributed by atoms with Crippen LogP contribution in [0.1, 0.15) is 20.8 Å². The summed E-state index contributed by atoms with van der Waals surface area (Å²) < 4.78 is 0. The van der Waals surface area contributed by atoms with E-state index in [0.29, 0.717) is 6.04 Å². The maximum absolute atomic E-state index is 3.46. The van der Waals surface area contributed by atoms with Crippen LogP contribution in [-0.2, 0) is 0 Å². The Hall–Kier alpha value is -1.22. The topological polar surface area (TPSA) is 36.1 Å². The van der Waals surface area contributed by atoms with Gasteiger partial charge in [0.1, 0.15) is 0 Å². The molecular weight excluding hydrogens is 174 g/mol. The SMILES string of the molecule is CC1=CNNC1(C)C1=CC=CC(C)N1. The van der Waals surface area contributed by atoms with E-state index in [4.69, 9.17) is 0 Å². The summed E-state index contributed by atoms with van der Waals surface area (Å²) in [6.45, 7) is 6.44. The van der Waals surface area contributed by atoms with Crippen LogP contribution in [0.2, 0.25) is 0 Å². The van der Waals surface area contributed by atoms with E-state index < -0.39 is 0 Å². The maximum Gasteiger partial charge on any atom is 0.0959 e. The number of allylic oxidation sites excluding steroid dienone is 2. The molecule has 0 aromatic carbocycles. The van der Waals surface area contributed by atoms with Crippen LogP contribution in [0.4, 0.5) is 0 Å². The fourth-order valence-electron chi connectivity index (χ4n) is 1.78. The van der Waals surface area contributed by atoms with Gasteiger partial charge in [-0.25, -0.2) is 5.43 Å². The minimum Gasteiger partial charge on any atom is -0.381 e. The Kier molecular flexibility index (Phi) is 2.11. The second kappa shape index (κ2) is 3.17. The molecule has 3 heteroatoms. The minimum atomic E-state index is -0.0982. The summed E-state index contributed by atoms with van der Waals surface area (Å²) in [6.07, 6.45) is 8.38. The standard InChI is InChI=1S/C11H17N3/c1-8-7-12-14-11(8,3)10-6-4-5-9(2)13-10/h4-7,9,12-14H,1-3H3. The van der Waals surface area contributed by atoms with E-state index in [0.717, 1.165) is 0 Å². The van der Waals surface area contributed by atoms with Crippen molar-refractivity contribution in [2.45, 2.75) is 32.4 Å². The summed E-state index contributed by atoms with van der Waals surface area (Å²) in [5, 5.41) is 3.46. The van der Waals surface area contributed by atoms with Gasteiger partial charge in [-0.1, -0.05) is 12.2 Å². The van der Waals surface area contributed by atoms with Crippen molar-refractivity contribution >= 4 is 0 Å². The molecule has 0 bridgehead atoms. The van der Waals surface area contributed by atoms with Gasteiger partial charge in [-0.2, -0.15) is 0 Å². The van der Waals surface area contributed by atoms with Crippen molar-refractivity contribution in [2.75, 3.05) is 0 Å². The molecular formula is C11H17N3. The van der Waals surface area contributed by atoms with Gasteiger partial charge in [0, 0.05) is 17.9 Å². The molecule has 2 atom stereocenters. The van der Waals surface area contributed by atoms with E-state index in [1.807, 2.05) is 6.20 Å². The first-order valence-electron chi connectivity index (χ1n) is 4.98. The number of hydrogen-bond acceptors (Lipinski definition) is 3. The maximum atomic E-state index is 3.46. The van der Waals surface area contributed by atoms with Crippen LogP contribution in [0.3, 0.4) is 0 Å². The third-order valence-corrected chi connectivity index (χ3v) is 2.98. The van der Waals surface area contributed by atoms with Crippen molar-refractivity contribution in [3.05, 3.63) is 35.7 Å². The molecule has 3 nitrogen and oxygen atoms in total. The molecule has 3 N–H and O–H groups in total. The van der Waals surface area contributed by atoms with Crippen LogP contribution in [-0.4, -0.2) is 11.6 Å². The van der Waals surface area contributed by atoms with Crippen molar-refractivity contribution in [3.63, 3.8) is 0 Å². The average Bonchev–Trinajstić information content (AvgIpc) is 2.49. The van der Waals surface area contributed by atoms with Crippen molar-refractivity contribution in [1.29, 1.82) is 0 Å². The van der Waals surface area contributed by atoms with E-state index in [9.17, 15) is 0 Å². The summed E-state index contributed by atoms with van der Waals surface area (Å²) in [5.74, 6) is 0. The molecule has 2 rings (SSSR count). The van der Waals surface area contributed by atoms with Crippen molar-refractivity contribution in [2.24, 2.45) is 0 Å². The largest absolute Gasteiger partial charge is 0.381 e. The molecule has 2 unspecified atom stereocenters. The molecule has 0 saturated carbocycles. The quantitative estimate of drug-likeness (QED) is 0.582. The summed E-state index contributed by atoms with van der Waals surface area (Å²) in [4.78, 5) is 0. The molecule has 14 heavy (non-hydrogen) atoms. The predicted molar refractivity (Wildman–Crippen MR) is 58.3 cm³/mol.